The quantitative estimate of drug-likeness (QED) is 0.235. The summed E-state index contributed by atoms with van der Waals surface area (Å²) in [4.78, 5) is 0. The molecule has 0 radical (unpaired) electrons. The first-order valence-electron chi connectivity index (χ1n) is 10.9. The largest absolute Gasteiger partial charge is 0.381 e. The topological polar surface area (TPSA) is 18.5 Å². The molecule has 0 bridgehead atoms. The van der Waals surface area contributed by atoms with Crippen LogP contribution in [0.3, 0.4) is 0 Å². The molecule has 0 fully saturated rings. The van der Waals surface area contributed by atoms with Gasteiger partial charge in [-0.05, 0) is 37.5 Å². The van der Waals surface area contributed by atoms with E-state index in [1.54, 1.807) is 0 Å². The Balaban J connectivity index is 3.32. The second-order valence-electron chi connectivity index (χ2n) is 7.40. The van der Waals surface area contributed by atoms with Crippen LogP contribution in [-0.2, 0) is 9.47 Å². The van der Waals surface area contributed by atoms with Crippen molar-refractivity contribution >= 4 is 0 Å². The first kappa shape index (κ1) is 23.9. The summed E-state index contributed by atoms with van der Waals surface area (Å²) in [6.45, 7) is 12.9. The van der Waals surface area contributed by atoms with E-state index in [0.29, 0.717) is 0 Å². The highest BCUT2D eigenvalue weighted by molar-refractivity contribution is 4.57. The molecular weight excluding hydrogens is 296 g/mol. The summed E-state index contributed by atoms with van der Waals surface area (Å²) in [5.41, 5.74) is 0. The lowest BCUT2D eigenvalue weighted by Crippen LogP contribution is -2.10. The molecular formula is C22H46O2. The van der Waals surface area contributed by atoms with E-state index in [1.165, 1.54) is 77.0 Å². The molecule has 24 heavy (non-hydrogen) atoms. The number of hydrogen-bond donors (Lipinski definition) is 0. The van der Waals surface area contributed by atoms with Crippen LogP contribution in [0.1, 0.15) is 105 Å². The molecule has 0 aromatic carbocycles. The molecule has 146 valence electrons. The van der Waals surface area contributed by atoms with Gasteiger partial charge in [-0.2, -0.15) is 0 Å². The lowest BCUT2D eigenvalue weighted by atomic mass is 10.0. The van der Waals surface area contributed by atoms with Crippen molar-refractivity contribution in [1.29, 1.82) is 0 Å². The average Bonchev–Trinajstić information content (AvgIpc) is 2.61. The minimum absolute atomic E-state index is 0.776. The van der Waals surface area contributed by atoms with Crippen molar-refractivity contribution < 1.29 is 9.47 Å². The molecule has 0 rings (SSSR count). The average molecular weight is 343 g/mol. The monoisotopic (exact) mass is 342 g/mol. The lowest BCUT2D eigenvalue weighted by Gasteiger charge is -2.15. The van der Waals surface area contributed by atoms with E-state index in [4.69, 9.17) is 9.47 Å². The van der Waals surface area contributed by atoms with E-state index in [1.807, 2.05) is 0 Å². The van der Waals surface area contributed by atoms with E-state index >= 15 is 0 Å². The minimum Gasteiger partial charge on any atom is -0.381 e. The number of unbranched alkanes of at least 4 members (excludes halogenated alkanes) is 5. The normalized spacial score (nSPS) is 14.0. The molecule has 0 aromatic heterocycles. The third kappa shape index (κ3) is 15.4. The summed E-state index contributed by atoms with van der Waals surface area (Å²) in [5, 5.41) is 0. The second-order valence-corrected chi connectivity index (χ2v) is 7.40. The fraction of sp³-hybridized carbons (Fsp3) is 1.00. The zero-order valence-electron chi connectivity index (χ0n) is 17.3. The van der Waals surface area contributed by atoms with Crippen LogP contribution < -0.4 is 0 Å². The van der Waals surface area contributed by atoms with Gasteiger partial charge in [0, 0.05) is 26.4 Å². The Morgan fingerprint density at radius 2 is 0.958 bits per heavy atom. The number of rotatable bonds is 19. The molecule has 2 nitrogen and oxygen atoms in total. The van der Waals surface area contributed by atoms with Gasteiger partial charge in [-0.25, -0.2) is 0 Å². The van der Waals surface area contributed by atoms with E-state index in [2.05, 4.69) is 27.7 Å². The van der Waals surface area contributed by atoms with Crippen LogP contribution in [0.25, 0.3) is 0 Å². The van der Waals surface area contributed by atoms with Crippen LogP contribution in [0.4, 0.5) is 0 Å². The first-order chi connectivity index (χ1) is 11.8. The second kappa shape index (κ2) is 19.2. The summed E-state index contributed by atoms with van der Waals surface area (Å²) in [6, 6.07) is 0. The highest BCUT2D eigenvalue weighted by Gasteiger charge is 2.06. The van der Waals surface area contributed by atoms with Gasteiger partial charge in [-0.3, -0.25) is 0 Å². The van der Waals surface area contributed by atoms with Gasteiger partial charge in [0.05, 0.1) is 0 Å². The van der Waals surface area contributed by atoms with E-state index in [9.17, 15) is 0 Å². The lowest BCUT2D eigenvalue weighted by molar-refractivity contribution is 0.0842. The molecule has 2 unspecified atom stereocenters. The fourth-order valence-corrected chi connectivity index (χ4v) is 3.06. The van der Waals surface area contributed by atoms with Crippen molar-refractivity contribution in [2.24, 2.45) is 11.8 Å². The maximum Gasteiger partial charge on any atom is 0.0494 e. The molecule has 0 aliphatic rings. The summed E-state index contributed by atoms with van der Waals surface area (Å²) in [6.07, 6.45) is 15.5. The maximum atomic E-state index is 5.86. The third-order valence-corrected chi connectivity index (χ3v) is 5.12. The van der Waals surface area contributed by atoms with Gasteiger partial charge in [-0.15, -0.1) is 0 Å². The van der Waals surface area contributed by atoms with E-state index in [-0.39, 0.29) is 0 Å². The van der Waals surface area contributed by atoms with E-state index < -0.39 is 0 Å². The Morgan fingerprint density at radius 3 is 1.29 bits per heavy atom. The highest BCUT2D eigenvalue weighted by atomic mass is 16.5. The molecule has 0 saturated carbocycles. The van der Waals surface area contributed by atoms with E-state index in [0.717, 1.165) is 38.3 Å². The summed E-state index contributed by atoms with van der Waals surface area (Å²) in [7, 11) is 0. The van der Waals surface area contributed by atoms with Crippen LogP contribution >= 0.6 is 0 Å². The molecule has 0 aromatic rings. The Labute approximate surface area is 153 Å². The Hall–Kier alpha value is -0.0800. The molecule has 0 N–H and O–H groups in total. The predicted molar refractivity (Wildman–Crippen MR) is 107 cm³/mol. The third-order valence-electron chi connectivity index (χ3n) is 5.12. The van der Waals surface area contributed by atoms with Crippen molar-refractivity contribution in [3.8, 4) is 0 Å². The van der Waals surface area contributed by atoms with Gasteiger partial charge < -0.3 is 9.47 Å². The zero-order valence-corrected chi connectivity index (χ0v) is 17.3. The predicted octanol–water partition coefficient (Wildman–Crippen LogP) is 7.01. The first-order valence-corrected chi connectivity index (χ1v) is 10.9. The van der Waals surface area contributed by atoms with Crippen molar-refractivity contribution in [1.82, 2.24) is 0 Å². The minimum atomic E-state index is 0.776. The summed E-state index contributed by atoms with van der Waals surface area (Å²) < 4.78 is 11.7. The van der Waals surface area contributed by atoms with Crippen LogP contribution in [0.2, 0.25) is 0 Å². The molecule has 0 saturated heterocycles. The van der Waals surface area contributed by atoms with Crippen LogP contribution in [0.15, 0.2) is 0 Å². The highest BCUT2D eigenvalue weighted by Crippen LogP contribution is 2.14. The summed E-state index contributed by atoms with van der Waals surface area (Å²) >= 11 is 0. The van der Waals surface area contributed by atoms with Crippen molar-refractivity contribution in [3.05, 3.63) is 0 Å². The van der Waals surface area contributed by atoms with Gasteiger partial charge in [0.25, 0.3) is 0 Å². The maximum absolute atomic E-state index is 5.86. The fourth-order valence-electron chi connectivity index (χ4n) is 3.06. The van der Waals surface area contributed by atoms with Crippen molar-refractivity contribution in [2.45, 2.75) is 105 Å². The standard InChI is InChI=1S/C22H46O2/c1-5-9-15-21(7-3)19-23-17-13-11-12-14-18-24-20-22(8-4)16-10-6-2/h21-22H,5-20H2,1-4H3. The van der Waals surface area contributed by atoms with Crippen LogP contribution in [-0.4, -0.2) is 26.4 Å². The van der Waals surface area contributed by atoms with Gasteiger partial charge >= 0.3 is 0 Å². The van der Waals surface area contributed by atoms with Gasteiger partial charge in [0.1, 0.15) is 0 Å². The molecule has 2 heteroatoms. The molecule has 2 atom stereocenters. The summed E-state index contributed by atoms with van der Waals surface area (Å²) in [5.74, 6) is 1.55. The van der Waals surface area contributed by atoms with Gasteiger partial charge in [0.15, 0.2) is 0 Å². The SMILES string of the molecule is CCCCC(CC)COCCCCCCOCC(CC)CCCC. The van der Waals surface area contributed by atoms with Crippen molar-refractivity contribution in [2.75, 3.05) is 26.4 Å². The Morgan fingerprint density at radius 1 is 0.542 bits per heavy atom. The van der Waals surface area contributed by atoms with Crippen molar-refractivity contribution in [3.63, 3.8) is 0 Å². The molecule has 0 heterocycles. The molecule has 0 amide bonds. The van der Waals surface area contributed by atoms with Gasteiger partial charge in [-0.1, -0.05) is 79.1 Å². The number of hydrogen-bond acceptors (Lipinski definition) is 2. The Kier molecular flexibility index (Phi) is 19.2. The molecule has 0 spiro atoms. The van der Waals surface area contributed by atoms with Crippen LogP contribution in [0, 0.1) is 11.8 Å². The molecule has 0 aliphatic carbocycles. The number of ether oxygens (including phenoxy) is 2. The van der Waals surface area contributed by atoms with Crippen LogP contribution in [0.5, 0.6) is 0 Å². The zero-order chi connectivity index (χ0) is 17.9. The smallest absolute Gasteiger partial charge is 0.0494 e. The Bertz CT molecular complexity index is 206. The van der Waals surface area contributed by atoms with Gasteiger partial charge in [0.2, 0.25) is 0 Å². The molecule has 0 aliphatic heterocycles.